The molecule has 16 heavy (non-hydrogen) atoms. The number of hydrogen-bond acceptors (Lipinski definition) is 4. The minimum Gasteiger partial charge on any atom is -0.468 e. The van der Waals surface area contributed by atoms with Gasteiger partial charge in [-0.15, -0.1) is 0 Å². The van der Waals surface area contributed by atoms with Crippen molar-refractivity contribution < 1.29 is 22.7 Å². The van der Waals surface area contributed by atoms with Crippen molar-refractivity contribution in [2.45, 2.75) is 12.2 Å². The molecule has 1 rings (SSSR count). The molecular weight excluding hydrogens is 225 g/mol. The van der Waals surface area contributed by atoms with Crippen molar-refractivity contribution in [2.75, 3.05) is 7.11 Å². The highest BCUT2D eigenvalue weighted by Gasteiger charge is 2.32. The van der Waals surface area contributed by atoms with Crippen LogP contribution < -0.4 is 5.73 Å². The molecule has 0 saturated heterocycles. The monoisotopic (exact) mass is 234 g/mol. The molecule has 7 heteroatoms. The smallest absolute Gasteiger partial charge is 0.433 e. The molecule has 2 N–H and O–H groups in total. The fraction of sp³-hybridized carbons (Fsp3) is 0.333. The summed E-state index contributed by atoms with van der Waals surface area (Å²) in [5.74, 6) is -0.735. The van der Waals surface area contributed by atoms with E-state index < -0.39 is 23.9 Å². The molecule has 1 aromatic heterocycles. The molecule has 88 valence electrons. The van der Waals surface area contributed by atoms with Crippen molar-refractivity contribution in [1.82, 2.24) is 4.98 Å². The van der Waals surface area contributed by atoms with Crippen LogP contribution in [0.25, 0.3) is 0 Å². The maximum atomic E-state index is 12.2. The highest BCUT2D eigenvalue weighted by molar-refractivity contribution is 5.77. The van der Waals surface area contributed by atoms with E-state index in [1.165, 1.54) is 0 Å². The third-order valence-electron chi connectivity index (χ3n) is 1.89. The van der Waals surface area contributed by atoms with Gasteiger partial charge in [-0.25, -0.2) is 0 Å². The number of pyridine rings is 1. The van der Waals surface area contributed by atoms with Crippen molar-refractivity contribution in [3.8, 4) is 0 Å². The Bertz CT molecular complexity index is 375. The third-order valence-corrected chi connectivity index (χ3v) is 1.89. The number of methoxy groups -OCH3 is 1. The highest BCUT2D eigenvalue weighted by atomic mass is 19.4. The predicted octanol–water partition coefficient (Wildman–Crippen LogP) is 1.27. The van der Waals surface area contributed by atoms with Crippen LogP contribution in [0, 0.1) is 0 Å². The molecule has 1 unspecified atom stereocenters. The maximum Gasteiger partial charge on any atom is 0.433 e. The Balaban J connectivity index is 2.91. The third kappa shape index (κ3) is 2.69. The first kappa shape index (κ1) is 12.4. The standard InChI is InChI=1S/C9H9F3N2O2/c1-16-8(15)7(13)5-2-3-6(14-4-5)9(10,11)12/h2-4,7H,13H2,1H3. The maximum absolute atomic E-state index is 12.2. The average Bonchev–Trinajstić information content (AvgIpc) is 2.26. The Kier molecular flexibility index (Phi) is 3.48. The number of hydrogen-bond donors (Lipinski definition) is 1. The first-order chi connectivity index (χ1) is 7.36. The molecule has 1 aromatic rings. The summed E-state index contributed by atoms with van der Waals surface area (Å²) in [6.07, 6.45) is -3.60. The molecule has 0 saturated carbocycles. The van der Waals surface area contributed by atoms with E-state index in [0.717, 1.165) is 25.4 Å². The van der Waals surface area contributed by atoms with Gasteiger partial charge in [-0.2, -0.15) is 13.2 Å². The van der Waals surface area contributed by atoms with E-state index in [1.807, 2.05) is 0 Å². The van der Waals surface area contributed by atoms with Gasteiger partial charge in [-0.05, 0) is 11.6 Å². The molecule has 0 amide bonds. The summed E-state index contributed by atoms with van der Waals surface area (Å²) in [5, 5.41) is 0. The van der Waals surface area contributed by atoms with E-state index in [9.17, 15) is 18.0 Å². The topological polar surface area (TPSA) is 65.2 Å². The van der Waals surface area contributed by atoms with Crippen molar-refractivity contribution in [2.24, 2.45) is 5.73 Å². The fourth-order valence-corrected chi connectivity index (χ4v) is 1.02. The normalized spacial score (nSPS) is 13.3. The van der Waals surface area contributed by atoms with Crippen LogP contribution in [0.3, 0.4) is 0 Å². The molecule has 4 nitrogen and oxygen atoms in total. The van der Waals surface area contributed by atoms with E-state index in [2.05, 4.69) is 9.72 Å². The Morgan fingerprint density at radius 1 is 1.50 bits per heavy atom. The molecule has 1 heterocycles. The van der Waals surface area contributed by atoms with Crippen LogP contribution in [-0.4, -0.2) is 18.1 Å². The zero-order chi connectivity index (χ0) is 12.3. The summed E-state index contributed by atoms with van der Waals surface area (Å²) < 4.78 is 40.8. The van der Waals surface area contributed by atoms with E-state index in [1.54, 1.807) is 0 Å². The van der Waals surface area contributed by atoms with Crippen LogP contribution in [0.1, 0.15) is 17.3 Å². The second-order valence-corrected chi connectivity index (χ2v) is 2.98. The summed E-state index contributed by atoms with van der Waals surface area (Å²) in [4.78, 5) is 14.2. The number of ether oxygens (including phenoxy) is 1. The summed E-state index contributed by atoms with van der Waals surface area (Å²) in [6, 6.07) is 0.731. The molecule has 0 aliphatic rings. The first-order valence-corrected chi connectivity index (χ1v) is 4.23. The summed E-state index contributed by atoms with van der Waals surface area (Å²) in [6.45, 7) is 0. The second kappa shape index (κ2) is 4.48. The van der Waals surface area contributed by atoms with Gasteiger partial charge in [0.15, 0.2) is 0 Å². The van der Waals surface area contributed by atoms with Crippen molar-refractivity contribution in [1.29, 1.82) is 0 Å². The predicted molar refractivity (Wildman–Crippen MR) is 48.2 cm³/mol. The fourth-order valence-electron chi connectivity index (χ4n) is 1.02. The summed E-state index contributed by atoms with van der Waals surface area (Å²) in [7, 11) is 1.14. The van der Waals surface area contributed by atoms with Crippen LogP contribution >= 0.6 is 0 Å². The number of nitrogens with two attached hydrogens (primary N) is 1. The number of carbonyl (C=O) groups excluding carboxylic acids is 1. The number of rotatable bonds is 2. The van der Waals surface area contributed by atoms with Crippen molar-refractivity contribution >= 4 is 5.97 Å². The van der Waals surface area contributed by atoms with Gasteiger partial charge in [0.05, 0.1) is 7.11 Å². The van der Waals surface area contributed by atoms with Gasteiger partial charge in [0.2, 0.25) is 0 Å². The minimum atomic E-state index is -4.51. The quantitative estimate of drug-likeness (QED) is 0.782. The van der Waals surface area contributed by atoms with Crippen LogP contribution in [0.4, 0.5) is 13.2 Å². The molecule has 1 atom stereocenters. The molecule has 0 bridgehead atoms. The van der Waals surface area contributed by atoms with E-state index in [0.29, 0.717) is 0 Å². The summed E-state index contributed by atoms with van der Waals surface area (Å²) >= 11 is 0. The number of carbonyl (C=O) groups is 1. The van der Waals surface area contributed by atoms with Gasteiger partial charge < -0.3 is 10.5 Å². The number of aromatic nitrogens is 1. The minimum absolute atomic E-state index is 0.167. The Labute approximate surface area is 89.2 Å². The number of nitrogens with zero attached hydrogens (tertiary/aromatic N) is 1. The lowest BCUT2D eigenvalue weighted by Crippen LogP contribution is -2.23. The van der Waals surface area contributed by atoms with Gasteiger partial charge in [0.25, 0.3) is 0 Å². The van der Waals surface area contributed by atoms with Gasteiger partial charge in [0, 0.05) is 6.20 Å². The van der Waals surface area contributed by atoms with Gasteiger partial charge in [-0.1, -0.05) is 6.07 Å². The Hall–Kier alpha value is -1.63. The Morgan fingerprint density at radius 3 is 2.50 bits per heavy atom. The van der Waals surface area contributed by atoms with Crippen LogP contribution in [0.15, 0.2) is 18.3 Å². The van der Waals surface area contributed by atoms with E-state index in [-0.39, 0.29) is 5.56 Å². The number of esters is 1. The number of alkyl halides is 3. The Morgan fingerprint density at radius 2 is 2.12 bits per heavy atom. The molecule has 0 spiro atoms. The van der Waals surface area contributed by atoms with E-state index in [4.69, 9.17) is 5.73 Å². The molecule has 0 aliphatic heterocycles. The van der Waals surface area contributed by atoms with Crippen LogP contribution in [-0.2, 0) is 15.7 Å². The molecular formula is C9H9F3N2O2. The number of halogens is 3. The van der Waals surface area contributed by atoms with Gasteiger partial charge >= 0.3 is 12.1 Å². The van der Waals surface area contributed by atoms with Gasteiger partial charge in [0.1, 0.15) is 11.7 Å². The summed E-state index contributed by atoms with van der Waals surface area (Å²) in [5.41, 5.74) is 4.54. The highest BCUT2D eigenvalue weighted by Crippen LogP contribution is 2.27. The molecule has 0 aliphatic carbocycles. The lowest BCUT2D eigenvalue weighted by atomic mass is 10.1. The van der Waals surface area contributed by atoms with Crippen LogP contribution in [0.2, 0.25) is 0 Å². The van der Waals surface area contributed by atoms with Crippen molar-refractivity contribution in [3.63, 3.8) is 0 Å². The lowest BCUT2D eigenvalue weighted by molar-refractivity contribution is -0.142. The van der Waals surface area contributed by atoms with Crippen molar-refractivity contribution in [3.05, 3.63) is 29.6 Å². The molecule has 0 radical (unpaired) electrons. The van der Waals surface area contributed by atoms with Crippen LogP contribution in [0.5, 0.6) is 0 Å². The zero-order valence-corrected chi connectivity index (χ0v) is 8.28. The largest absolute Gasteiger partial charge is 0.468 e. The first-order valence-electron chi connectivity index (χ1n) is 4.23. The van der Waals surface area contributed by atoms with Gasteiger partial charge in [-0.3, -0.25) is 9.78 Å². The molecule has 0 aromatic carbocycles. The molecule has 0 fully saturated rings. The van der Waals surface area contributed by atoms with E-state index >= 15 is 0 Å². The SMILES string of the molecule is COC(=O)C(N)c1ccc(C(F)(F)F)nc1. The lowest BCUT2D eigenvalue weighted by Gasteiger charge is -2.10. The zero-order valence-electron chi connectivity index (χ0n) is 8.28. The average molecular weight is 234 g/mol. The second-order valence-electron chi connectivity index (χ2n) is 2.98.